The number of nitro benzene ring substituents is 1. The maximum Gasteiger partial charge on any atom is 0.337 e. The number of benzene rings is 2. The smallest absolute Gasteiger partial charge is 0.337 e. The standard InChI is InChI=1S/C18H17ClN2O6S/c1-4-9-20(16-10-13(18(22)27-3)6-8-15(16)19)28(25,26)17-11-14(21(23)24)7-5-12(17)2/h4-8,10-11H,1,9H2,2-3H3. The Balaban J connectivity index is 2.70. The molecule has 8 nitrogen and oxygen atoms in total. The number of carbonyl (C=O) groups excluding carboxylic acids is 1. The van der Waals surface area contributed by atoms with E-state index in [1.165, 1.54) is 50.4 Å². The van der Waals surface area contributed by atoms with Crippen LogP contribution in [-0.4, -0.2) is 33.0 Å². The Morgan fingerprint density at radius 1 is 1.32 bits per heavy atom. The van der Waals surface area contributed by atoms with Crippen molar-refractivity contribution < 1.29 is 22.9 Å². The van der Waals surface area contributed by atoms with Crippen LogP contribution in [0.15, 0.2) is 53.9 Å². The minimum atomic E-state index is -4.25. The number of methoxy groups -OCH3 is 1. The molecule has 0 aliphatic carbocycles. The van der Waals surface area contributed by atoms with E-state index in [4.69, 9.17) is 11.6 Å². The van der Waals surface area contributed by atoms with E-state index in [0.717, 1.165) is 10.4 Å². The van der Waals surface area contributed by atoms with Gasteiger partial charge in [-0.2, -0.15) is 0 Å². The summed E-state index contributed by atoms with van der Waals surface area (Å²) in [6.45, 7) is 4.91. The summed E-state index contributed by atoms with van der Waals surface area (Å²) in [6.07, 6.45) is 1.34. The van der Waals surface area contributed by atoms with Gasteiger partial charge in [0.1, 0.15) is 0 Å². The molecule has 0 bridgehead atoms. The summed E-state index contributed by atoms with van der Waals surface area (Å²) in [4.78, 5) is 22.0. The maximum atomic E-state index is 13.3. The molecule has 0 unspecified atom stereocenters. The van der Waals surface area contributed by atoms with Gasteiger partial charge < -0.3 is 4.74 Å². The zero-order valence-corrected chi connectivity index (χ0v) is 16.7. The molecule has 0 heterocycles. The molecule has 0 aromatic heterocycles. The number of hydrogen-bond donors (Lipinski definition) is 0. The summed E-state index contributed by atoms with van der Waals surface area (Å²) < 4.78 is 32.2. The summed E-state index contributed by atoms with van der Waals surface area (Å²) in [6, 6.07) is 7.60. The maximum absolute atomic E-state index is 13.3. The van der Waals surface area contributed by atoms with Crippen LogP contribution < -0.4 is 4.31 Å². The van der Waals surface area contributed by atoms with E-state index in [9.17, 15) is 23.3 Å². The van der Waals surface area contributed by atoms with Crippen LogP contribution in [0.1, 0.15) is 15.9 Å². The Hall–Kier alpha value is -2.91. The highest BCUT2D eigenvalue weighted by molar-refractivity contribution is 7.93. The Morgan fingerprint density at radius 3 is 2.57 bits per heavy atom. The van der Waals surface area contributed by atoms with Gasteiger partial charge in [0.25, 0.3) is 15.7 Å². The second-order valence-corrected chi connectivity index (χ2v) is 7.93. The topological polar surface area (TPSA) is 107 Å². The van der Waals surface area contributed by atoms with Crippen molar-refractivity contribution in [1.82, 2.24) is 0 Å². The number of nitrogens with zero attached hydrogens (tertiary/aromatic N) is 2. The predicted molar refractivity (Wildman–Crippen MR) is 105 cm³/mol. The van der Waals surface area contributed by atoms with Crippen LogP contribution in [0.25, 0.3) is 0 Å². The molecular weight excluding hydrogens is 408 g/mol. The number of halogens is 1. The Morgan fingerprint density at radius 2 is 2.00 bits per heavy atom. The van der Waals surface area contributed by atoms with Gasteiger partial charge in [-0.15, -0.1) is 6.58 Å². The van der Waals surface area contributed by atoms with Crippen LogP contribution in [-0.2, 0) is 14.8 Å². The molecule has 0 saturated carbocycles. The normalized spacial score (nSPS) is 11.0. The SMILES string of the molecule is C=CCN(c1cc(C(=O)OC)ccc1Cl)S(=O)(=O)c1cc([N+](=O)[O-])ccc1C. The van der Waals surface area contributed by atoms with E-state index in [-0.39, 0.29) is 33.4 Å². The molecule has 0 spiro atoms. The summed E-state index contributed by atoms with van der Waals surface area (Å²) in [5, 5.41) is 11.1. The van der Waals surface area contributed by atoms with Crippen molar-refractivity contribution in [2.24, 2.45) is 0 Å². The zero-order chi connectivity index (χ0) is 21.1. The van der Waals surface area contributed by atoms with Gasteiger partial charge in [-0.1, -0.05) is 23.7 Å². The fraction of sp³-hybridized carbons (Fsp3) is 0.167. The lowest BCUT2D eigenvalue weighted by Gasteiger charge is -2.25. The monoisotopic (exact) mass is 424 g/mol. The first-order valence-corrected chi connectivity index (χ1v) is 9.71. The number of ether oxygens (including phenoxy) is 1. The van der Waals surface area contributed by atoms with E-state index >= 15 is 0 Å². The van der Waals surface area contributed by atoms with E-state index in [1.54, 1.807) is 0 Å². The summed E-state index contributed by atoms with van der Waals surface area (Å²) in [5.74, 6) is -0.666. The van der Waals surface area contributed by atoms with Gasteiger partial charge in [0, 0.05) is 12.1 Å². The van der Waals surface area contributed by atoms with Crippen molar-refractivity contribution in [1.29, 1.82) is 0 Å². The molecule has 0 aliphatic heterocycles. The van der Waals surface area contributed by atoms with Crippen molar-refractivity contribution in [3.8, 4) is 0 Å². The Kier molecular flexibility index (Phi) is 6.42. The molecule has 0 aliphatic rings. The number of non-ortho nitro benzene ring substituents is 1. The highest BCUT2D eigenvalue weighted by atomic mass is 35.5. The molecule has 28 heavy (non-hydrogen) atoms. The van der Waals surface area contributed by atoms with Crippen LogP contribution in [0.5, 0.6) is 0 Å². The van der Waals surface area contributed by atoms with Gasteiger partial charge in [-0.3, -0.25) is 14.4 Å². The van der Waals surface area contributed by atoms with Gasteiger partial charge >= 0.3 is 5.97 Å². The summed E-state index contributed by atoms with van der Waals surface area (Å²) in [5.41, 5.74) is 0.0781. The van der Waals surface area contributed by atoms with Crippen molar-refractivity contribution >= 4 is 39.0 Å². The number of aryl methyl sites for hydroxylation is 1. The minimum absolute atomic E-state index is 0.0235. The van der Waals surface area contributed by atoms with Crippen molar-refractivity contribution in [3.63, 3.8) is 0 Å². The molecule has 0 saturated heterocycles. The number of esters is 1. The molecule has 0 atom stereocenters. The van der Waals surface area contributed by atoms with E-state index in [1.807, 2.05) is 0 Å². The third-order valence-electron chi connectivity index (χ3n) is 3.88. The van der Waals surface area contributed by atoms with E-state index in [2.05, 4.69) is 11.3 Å². The third-order valence-corrected chi connectivity index (χ3v) is 6.12. The summed E-state index contributed by atoms with van der Waals surface area (Å²) >= 11 is 6.19. The highest BCUT2D eigenvalue weighted by Gasteiger charge is 2.29. The summed E-state index contributed by atoms with van der Waals surface area (Å²) in [7, 11) is -3.06. The largest absolute Gasteiger partial charge is 0.465 e. The molecule has 2 aromatic carbocycles. The molecule has 10 heteroatoms. The predicted octanol–water partition coefficient (Wildman–Crippen LogP) is 3.72. The van der Waals surface area contributed by atoms with Gasteiger partial charge in [0.05, 0.1) is 39.7 Å². The van der Waals surface area contributed by atoms with Crippen molar-refractivity contribution in [3.05, 3.63) is 75.3 Å². The molecule has 0 radical (unpaired) electrons. The fourth-order valence-electron chi connectivity index (χ4n) is 2.49. The Bertz CT molecular complexity index is 1050. The first kappa shape index (κ1) is 21.4. The molecule has 0 N–H and O–H groups in total. The Labute approximate surface area is 167 Å². The molecule has 0 amide bonds. The van der Waals surface area contributed by atoms with Crippen LogP contribution in [0, 0.1) is 17.0 Å². The third kappa shape index (κ3) is 4.15. The van der Waals surface area contributed by atoms with Gasteiger partial charge in [0.15, 0.2) is 0 Å². The van der Waals surface area contributed by atoms with Crippen LogP contribution >= 0.6 is 11.6 Å². The average molecular weight is 425 g/mol. The van der Waals surface area contributed by atoms with Crippen LogP contribution in [0.3, 0.4) is 0 Å². The zero-order valence-electron chi connectivity index (χ0n) is 15.1. The molecule has 2 aromatic rings. The highest BCUT2D eigenvalue weighted by Crippen LogP contribution is 2.33. The number of nitro groups is 1. The number of rotatable bonds is 7. The van der Waals surface area contributed by atoms with E-state index in [0.29, 0.717) is 5.56 Å². The quantitative estimate of drug-likeness (QED) is 0.290. The molecule has 2 rings (SSSR count). The number of sulfonamides is 1. The fourth-order valence-corrected chi connectivity index (χ4v) is 4.45. The lowest BCUT2D eigenvalue weighted by atomic mass is 10.2. The molecule has 0 fully saturated rings. The first-order valence-electron chi connectivity index (χ1n) is 7.90. The molecular formula is C18H17ClN2O6S. The van der Waals surface area contributed by atoms with Crippen molar-refractivity contribution in [2.45, 2.75) is 11.8 Å². The van der Waals surface area contributed by atoms with Gasteiger partial charge in [0.2, 0.25) is 0 Å². The van der Waals surface area contributed by atoms with E-state index < -0.39 is 20.9 Å². The second kappa shape index (κ2) is 8.41. The van der Waals surface area contributed by atoms with Crippen molar-refractivity contribution in [2.75, 3.05) is 18.0 Å². The van der Waals surface area contributed by atoms with Gasteiger partial charge in [-0.25, -0.2) is 13.2 Å². The lowest BCUT2D eigenvalue weighted by Crippen LogP contribution is -2.32. The average Bonchev–Trinajstić information content (AvgIpc) is 2.66. The van der Waals surface area contributed by atoms with Crippen LogP contribution in [0.4, 0.5) is 11.4 Å². The lowest BCUT2D eigenvalue weighted by molar-refractivity contribution is -0.385. The van der Waals surface area contributed by atoms with Gasteiger partial charge in [-0.05, 0) is 30.7 Å². The number of hydrogen-bond acceptors (Lipinski definition) is 6. The number of anilines is 1. The number of carbonyl (C=O) groups is 1. The minimum Gasteiger partial charge on any atom is -0.465 e. The van der Waals surface area contributed by atoms with Crippen LogP contribution in [0.2, 0.25) is 5.02 Å². The molecule has 148 valence electrons. The second-order valence-electron chi connectivity index (χ2n) is 5.69. The first-order chi connectivity index (χ1) is 13.1.